The molecule has 1 saturated carbocycles. The lowest BCUT2D eigenvalue weighted by atomic mass is 9.75. The van der Waals surface area contributed by atoms with Gasteiger partial charge in [-0.05, 0) is 65.6 Å². The van der Waals surface area contributed by atoms with E-state index in [9.17, 15) is 0 Å². The van der Waals surface area contributed by atoms with Gasteiger partial charge >= 0.3 is 0 Å². The molecule has 1 fully saturated rings. The van der Waals surface area contributed by atoms with Gasteiger partial charge < -0.3 is 4.90 Å². The minimum Gasteiger partial charge on any atom is -0.356 e. The van der Waals surface area contributed by atoms with E-state index in [1.54, 1.807) is 0 Å². The van der Waals surface area contributed by atoms with E-state index in [-0.39, 0.29) is 0 Å². The molecule has 1 heterocycles. The first kappa shape index (κ1) is 13.9. The van der Waals surface area contributed by atoms with Crippen molar-refractivity contribution in [3.05, 3.63) is 22.3 Å². The molecular formula is C15H23BrN2. The number of halogens is 1. The molecule has 0 bridgehead atoms. The summed E-state index contributed by atoms with van der Waals surface area (Å²) in [6.07, 6.45) is 7.09. The SMILES string of the molecule is Cc1cc(Br)cnc1N(C)C1CCC(C)(C)CC1. The summed E-state index contributed by atoms with van der Waals surface area (Å²) in [5.41, 5.74) is 1.77. The van der Waals surface area contributed by atoms with Gasteiger partial charge in [0, 0.05) is 23.8 Å². The molecule has 0 amide bonds. The molecule has 18 heavy (non-hydrogen) atoms. The van der Waals surface area contributed by atoms with Crippen LogP contribution in [0.2, 0.25) is 0 Å². The van der Waals surface area contributed by atoms with Crippen LogP contribution in [0.4, 0.5) is 5.82 Å². The van der Waals surface area contributed by atoms with E-state index in [1.165, 1.54) is 31.2 Å². The Bertz CT molecular complexity index is 419. The van der Waals surface area contributed by atoms with Gasteiger partial charge in [-0.15, -0.1) is 0 Å². The van der Waals surface area contributed by atoms with E-state index in [4.69, 9.17) is 0 Å². The molecule has 0 aliphatic heterocycles. The summed E-state index contributed by atoms with van der Waals surface area (Å²) in [5, 5.41) is 0. The van der Waals surface area contributed by atoms with Gasteiger partial charge in [-0.25, -0.2) is 4.98 Å². The number of hydrogen-bond donors (Lipinski definition) is 0. The third-order valence-electron chi connectivity index (χ3n) is 4.21. The molecule has 1 aliphatic carbocycles. The second-order valence-corrected chi connectivity index (χ2v) is 7.22. The quantitative estimate of drug-likeness (QED) is 0.796. The third-order valence-corrected chi connectivity index (χ3v) is 4.64. The van der Waals surface area contributed by atoms with E-state index in [1.807, 2.05) is 6.20 Å². The number of aryl methyl sites for hydroxylation is 1. The molecule has 1 aromatic heterocycles. The van der Waals surface area contributed by atoms with Gasteiger partial charge in [0.1, 0.15) is 5.82 Å². The Morgan fingerprint density at radius 1 is 1.33 bits per heavy atom. The molecule has 2 rings (SSSR count). The summed E-state index contributed by atoms with van der Waals surface area (Å²) >= 11 is 3.48. The van der Waals surface area contributed by atoms with Crippen LogP contribution in [0.3, 0.4) is 0 Å². The molecule has 0 aromatic carbocycles. The first-order valence-corrected chi connectivity index (χ1v) is 7.53. The maximum Gasteiger partial charge on any atom is 0.131 e. The fraction of sp³-hybridized carbons (Fsp3) is 0.667. The second kappa shape index (κ2) is 5.20. The predicted molar refractivity (Wildman–Crippen MR) is 81.1 cm³/mol. The van der Waals surface area contributed by atoms with Crippen molar-refractivity contribution in [2.45, 2.75) is 52.5 Å². The molecule has 100 valence electrons. The molecule has 0 atom stereocenters. The Morgan fingerprint density at radius 3 is 2.50 bits per heavy atom. The lowest BCUT2D eigenvalue weighted by molar-refractivity contribution is 0.222. The topological polar surface area (TPSA) is 16.1 Å². The molecule has 0 unspecified atom stereocenters. The highest BCUT2D eigenvalue weighted by Crippen LogP contribution is 2.37. The summed E-state index contributed by atoms with van der Waals surface area (Å²) in [5.74, 6) is 1.13. The minimum atomic E-state index is 0.527. The van der Waals surface area contributed by atoms with Gasteiger partial charge in [0.2, 0.25) is 0 Å². The molecule has 0 radical (unpaired) electrons. The van der Waals surface area contributed by atoms with Crippen LogP contribution in [0.25, 0.3) is 0 Å². The fourth-order valence-electron chi connectivity index (χ4n) is 2.85. The van der Waals surface area contributed by atoms with Gasteiger partial charge in [-0.3, -0.25) is 0 Å². The van der Waals surface area contributed by atoms with Crippen molar-refractivity contribution in [1.82, 2.24) is 4.98 Å². The van der Waals surface area contributed by atoms with Gasteiger partial charge in [-0.2, -0.15) is 0 Å². The Labute approximate surface area is 119 Å². The van der Waals surface area contributed by atoms with E-state index in [0.717, 1.165) is 10.3 Å². The average molecular weight is 311 g/mol. The normalized spacial score (nSPS) is 19.8. The van der Waals surface area contributed by atoms with Crippen molar-refractivity contribution in [1.29, 1.82) is 0 Å². The van der Waals surface area contributed by atoms with Crippen LogP contribution < -0.4 is 4.90 Å². The van der Waals surface area contributed by atoms with Crippen LogP contribution >= 0.6 is 15.9 Å². The maximum absolute atomic E-state index is 4.57. The van der Waals surface area contributed by atoms with Gasteiger partial charge in [0.25, 0.3) is 0 Å². The number of pyridine rings is 1. The molecule has 1 aromatic rings. The lowest BCUT2D eigenvalue weighted by Gasteiger charge is -2.39. The van der Waals surface area contributed by atoms with Crippen molar-refractivity contribution in [2.24, 2.45) is 5.41 Å². The molecule has 0 spiro atoms. The smallest absolute Gasteiger partial charge is 0.131 e. The van der Waals surface area contributed by atoms with Crippen LogP contribution in [-0.4, -0.2) is 18.1 Å². The third kappa shape index (κ3) is 3.05. The first-order valence-electron chi connectivity index (χ1n) is 6.74. The van der Waals surface area contributed by atoms with E-state index in [0.29, 0.717) is 11.5 Å². The Hall–Kier alpha value is -0.570. The minimum absolute atomic E-state index is 0.527. The highest BCUT2D eigenvalue weighted by Gasteiger charge is 2.29. The van der Waals surface area contributed by atoms with Crippen molar-refractivity contribution in [3.8, 4) is 0 Å². The van der Waals surface area contributed by atoms with Crippen LogP contribution in [0.1, 0.15) is 45.1 Å². The van der Waals surface area contributed by atoms with Gasteiger partial charge in [0.05, 0.1) is 0 Å². The summed E-state index contributed by atoms with van der Waals surface area (Å²) < 4.78 is 1.06. The van der Waals surface area contributed by atoms with Crippen LogP contribution in [0, 0.1) is 12.3 Å². The number of nitrogens with zero attached hydrogens (tertiary/aromatic N) is 2. The molecule has 1 aliphatic rings. The zero-order chi connectivity index (χ0) is 13.3. The fourth-order valence-corrected chi connectivity index (χ4v) is 3.29. The van der Waals surface area contributed by atoms with E-state index < -0.39 is 0 Å². The zero-order valence-corrected chi connectivity index (χ0v) is 13.4. The van der Waals surface area contributed by atoms with Crippen molar-refractivity contribution in [3.63, 3.8) is 0 Å². The molecule has 0 saturated heterocycles. The first-order chi connectivity index (χ1) is 8.39. The highest BCUT2D eigenvalue weighted by atomic mass is 79.9. The average Bonchev–Trinajstić information content (AvgIpc) is 2.28. The molecule has 2 nitrogen and oxygen atoms in total. The Kier molecular flexibility index (Phi) is 4.00. The summed E-state index contributed by atoms with van der Waals surface area (Å²) in [6, 6.07) is 2.79. The molecule has 0 N–H and O–H groups in total. The van der Waals surface area contributed by atoms with Gasteiger partial charge in [-0.1, -0.05) is 13.8 Å². The number of aromatic nitrogens is 1. The van der Waals surface area contributed by atoms with Crippen molar-refractivity contribution < 1.29 is 0 Å². The number of anilines is 1. The monoisotopic (exact) mass is 310 g/mol. The molecular weight excluding hydrogens is 288 g/mol. The van der Waals surface area contributed by atoms with Crippen LogP contribution in [-0.2, 0) is 0 Å². The largest absolute Gasteiger partial charge is 0.356 e. The summed E-state index contributed by atoms with van der Waals surface area (Å²) in [4.78, 5) is 6.94. The highest BCUT2D eigenvalue weighted by molar-refractivity contribution is 9.10. The second-order valence-electron chi connectivity index (χ2n) is 6.30. The lowest BCUT2D eigenvalue weighted by Crippen LogP contribution is -2.38. The van der Waals surface area contributed by atoms with Gasteiger partial charge in [0.15, 0.2) is 0 Å². The summed E-state index contributed by atoms with van der Waals surface area (Å²) in [6.45, 7) is 6.90. The van der Waals surface area contributed by atoms with E-state index in [2.05, 4.69) is 59.7 Å². The zero-order valence-electron chi connectivity index (χ0n) is 11.8. The van der Waals surface area contributed by atoms with Crippen LogP contribution in [0.5, 0.6) is 0 Å². The van der Waals surface area contributed by atoms with E-state index >= 15 is 0 Å². The standard InChI is InChI=1S/C15H23BrN2/c1-11-9-12(16)10-17-14(11)18(4)13-5-7-15(2,3)8-6-13/h9-10,13H,5-8H2,1-4H3. The number of rotatable bonds is 2. The Balaban J connectivity index is 2.10. The number of hydrogen-bond acceptors (Lipinski definition) is 2. The Morgan fingerprint density at radius 2 is 1.94 bits per heavy atom. The maximum atomic E-state index is 4.57. The van der Waals surface area contributed by atoms with Crippen LogP contribution in [0.15, 0.2) is 16.7 Å². The van der Waals surface area contributed by atoms with Crippen molar-refractivity contribution >= 4 is 21.7 Å². The van der Waals surface area contributed by atoms with Crippen molar-refractivity contribution in [2.75, 3.05) is 11.9 Å². The summed E-state index contributed by atoms with van der Waals surface area (Å²) in [7, 11) is 2.19. The molecule has 3 heteroatoms. The predicted octanol–water partition coefficient (Wildman–Crippen LogP) is 4.56.